The van der Waals surface area contributed by atoms with Gasteiger partial charge >= 0.3 is 5.97 Å². The molecule has 2 aromatic rings. The number of benzene rings is 1. The Bertz CT molecular complexity index is 597. The third kappa shape index (κ3) is 3.33. The lowest BCUT2D eigenvalue weighted by atomic mass is 10.2. The predicted molar refractivity (Wildman–Crippen MR) is 77.5 cm³/mol. The van der Waals surface area contributed by atoms with Crippen LogP contribution in [0.15, 0.2) is 28.1 Å². The summed E-state index contributed by atoms with van der Waals surface area (Å²) in [5.41, 5.74) is 1.60. The van der Waals surface area contributed by atoms with E-state index in [1.165, 1.54) is 18.4 Å². The molecule has 0 aliphatic rings. The average molecular weight is 342 g/mol. The van der Waals surface area contributed by atoms with Crippen molar-refractivity contribution in [2.75, 3.05) is 14.2 Å². The summed E-state index contributed by atoms with van der Waals surface area (Å²) in [5.74, 6) is 0.459. The van der Waals surface area contributed by atoms with Gasteiger partial charge < -0.3 is 9.47 Å². The SMILES string of the molecule is COC(=O)Cc1csc(-c2cc(Br)ccc2OC)n1. The van der Waals surface area contributed by atoms with Gasteiger partial charge in [-0.25, -0.2) is 4.98 Å². The number of aromatic nitrogens is 1. The van der Waals surface area contributed by atoms with Crippen LogP contribution in [0.25, 0.3) is 10.6 Å². The topological polar surface area (TPSA) is 48.4 Å². The van der Waals surface area contributed by atoms with Crippen LogP contribution < -0.4 is 4.74 Å². The van der Waals surface area contributed by atoms with Crippen LogP contribution in [0.1, 0.15) is 5.69 Å². The van der Waals surface area contributed by atoms with E-state index in [1.54, 1.807) is 7.11 Å². The van der Waals surface area contributed by atoms with Gasteiger partial charge in [0.05, 0.1) is 31.9 Å². The number of thiazole rings is 1. The molecule has 0 unspecified atom stereocenters. The van der Waals surface area contributed by atoms with Crippen molar-refractivity contribution in [3.63, 3.8) is 0 Å². The Labute approximate surface area is 123 Å². The normalized spacial score (nSPS) is 10.3. The van der Waals surface area contributed by atoms with Crippen LogP contribution in [0, 0.1) is 0 Å². The lowest BCUT2D eigenvalue weighted by Crippen LogP contribution is -2.04. The number of nitrogens with zero attached hydrogens (tertiary/aromatic N) is 1. The largest absolute Gasteiger partial charge is 0.496 e. The molecule has 0 saturated carbocycles. The van der Waals surface area contributed by atoms with Crippen LogP contribution in [-0.4, -0.2) is 25.2 Å². The van der Waals surface area contributed by atoms with Gasteiger partial charge in [0, 0.05) is 9.85 Å². The lowest BCUT2D eigenvalue weighted by Gasteiger charge is -2.06. The van der Waals surface area contributed by atoms with Crippen LogP contribution >= 0.6 is 27.3 Å². The maximum atomic E-state index is 11.2. The van der Waals surface area contributed by atoms with Gasteiger partial charge in [0.2, 0.25) is 0 Å². The molecule has 4 nitrogen and oxygen atoms in total. The predicted octanol–water partition coefficient (Wildman–Crippen LogP) is 3.30. The summed E-state index contributed by atoms with van der Waals surface area (Å²) in [6, 6.07) is 5.73. The van der Waals surface area contributed by atoms with E-state index in [4.69, 9.17) is 4.74 Å². The van der Waals surface area contributed by atoms with Crippen LogP contribution in [0.4, 0.5) is 0 Å². The number of halogens is 1. The van der Waals surface area contributed by atoms with Crippen molar-refractivity contribution in [3.05, 3.63) is 33.7 Å². The summed E-state index contributed by atoms with van der Waals surface area (Å²) in [6.45, 7) is 0. The minimum Gasteiger partial charge on any atom is -0.496 e. The van der Waals surface area contributed by atoms with E-state index in [0.29, 0.717) is 5.69 Å². The Morgan fingerprint density at radius 3 is 2.89 bits per heavy atom. The Hall–Kier alpha value is -1.40. The summed E-state index contributed by atoms with van der Waals surface area (Å²) >= 11 is 4.90. The fourth-order valence-corrected chi connectivity index (χ4v) is 2.78. The van der Waals surface area contributed by atoms with Gasteiger partial charge in [-0.15, -0.1) is 11.3 Å². The summed E-state index contributed by atoms with van der Waals surface area (Å²) in [5, 5.41) is 2.67. The average Bonchev–Trinajstić information content (AvgIpc) is 2.86. The highest BCUT2D eigenvalue weighted by Gasteiger charge is 2.13. The second-order valence-electron chi connectivity index (χ2n) is 3.74. The van der Waals surface area contributed by atoms with E-state index in [-0.39, 0.29) is 12.4 Å². The van der Waals surface area contributed by atoms with Gasteiger partial charge in [-0.05, 0) is 18.2 Å². The van der Waals surface area contributed by atoms with Gasteiger partial charge in [-0.2, -0.15) is 0 Å². The Balaban J connectivity index is 2.32. The number of carbonyl (C=O) groups excluding carboxylic acids is 1. The molecule has 6 heteroatoms. The second-order valence-corrected chi connectivity index (χ2v) is 5.52. The fraction of sp³-hybridized carbons (Fsp3) is 0.231. The molecular formula is C13H12BrNO3S. The van der Waals surface area contributed by atoms with E-state index in [9.17, 15) is 4.79 Å². The van der Waals surface area contributed by atoms with E-state index in [2.05, 4.69) is 25.7 Å². The zero-order valence-electron chi connectivity index (χ0n) is 10.5. The van der Waals surface area contributed by atoms with Crippen LogP contribution in [0.3, 0.4) is 0 Å². The van der Waals surface area contributed by atoms with Crippen LogP contribution in [0.2, 0.25) is 0 Å². The molecule has 0 spiro atoms. The minimum absolute atomic E-state index is 0.184. The highest BCUT2D eigenvalue weighted by Crippen LogP contribution is 2.34. The molecule has 0 amide bonds. The maximum absolute atomic E-state index is 11.2. The highest BCUT2D eigenvalue weighted by atomic mass is 79.9. The summed E-state index contributed by atoms with van der Waals surface area (Å²) < 4.78 is 10.9. The number of rotatable bonds is 4. The molecule has 2 rings (SSSR count). The second kappa shape index (κ2) is 6.16. The van der Waals surface area contributed by atoms with Crippen molar-refractivity contribution in [3.8, 4) is 16.3 Å². The molecule has 0 N–H and O–H groups in total. The molecular weight excluding hydrogens is 330 g/mol. The molecule has 1 heterocycles. The standard InChI is InChI=1S/C13H12BrNO3S/c1-17-11-4-3-8(14)5-10(11)13-15-9(7-19-13)6-12(16)18-2/h3-5,7H,6H2,1-2H3. The summed E-state index contributed by atoms with van der Waals surface area (Å²) in [4.78, 5) is 15.6. The van der Waals surface area contributed by atoms with Crippen molar-refractivity contribution in [1.82, 2.24) is 4.98 Å². The minimum atomic E-state index is -0.293. The Morgan fingerprint density at radius 2 is 2.21 bits per heavy atom. The summed E-state index contributed by atoms with van der Waals surface area (Å²) in [7, 11) is 2.99. The molecule has 19 heavy (non-hydrogen) atoms. The first-order valence-electron chi connectivity index (χ1n) is 5.49. The zero-order valence-corrected chi connectivity index (χ0v) is 12.9. The van der Waals surface area contributed by atoms with Gasteiger partial charge in [0.15, 0.2) is 0 Å². The van der Waals surface area contributed by atoms with Crippen molar-refractivity contribution >= 4 is 33.2 Å². The molecule has 1 aromatic carbocycles. The number of carbonyl (C=O) groups is 1. The first-order chi connectivity index (χ1) is 9.13. The third-order valence-corrected chi connectivity index (χ3v) is 3.91. The van der Waals surface area contributed by atoms with Gasteiger partial charge in [-0.3, -0.25) is 4.79 Å². The number of methoxy groups -OCH3 is 2. The zero-order chi connectivity index (χ0) is 13.8. The monoisotopic (exact) mass is 341 g/mol. The molecule has 100 valence electrons. The van der Waals surface area contributed by atoms with Crippen molar-refractivity contribution < 1.29 is 14.3 Å². The van der Waals surface area contributed by atoms with Crippen LogP contribution in [-0.2, 0) is 16.0 Å². The smallest absolute Gasteiger partial charge is 0.311 e. The van der Waals surface area contributed by atoms with Crippen molar-refractivity contribution in [2.45, 2.75) is 6.42 Å². The molecule has 0 fully saturated rings. The molecule has 0 aliphatic carbocycles. The first-order valence-corrected chi connectivity index (χ1v) is 7.16. The van der Waals surface area contributed by atoms with E-state index in [1.807, 2.05) is 23.6 Å². The number of hydrogen-bond donors (Lipinski definition) is 0. The van der Waals surface area contributed by atoms with Crippen molar-refractivity contribution in [1.29, 1.82) is 0 Å². The molecule has 1 aromatic heterocycles. The van der Waals surface area contributed by atoms with Gasteiger partial charge in [0.1, 0.15) is 10.8 Å². The molecule has 0 saturated heterocycles. The van der Waals surface area contributed by atoms with Gasteiger partial charge in [-0.1, -0.05) is 15.9 Å². The number of esters is 1. The first kappa shape index (κ1) is 14.0. The van der Waals surface area contributed by atoms with E-state index >= 15 is 0 Å². The lowest BCUT2D eigenvalue weighted by molar-refractivity contribution is -0.139. The Kier molecular flexibility index (Phi) is 4.55. The highest BCUT2D eigenvalue weighted by molar-refractivity contribution is 9.10. The molecule has 0 radical (unpaired) electrons. The van der Waals surface area contributed by atoms with Crippen molar-refractivity contribution in [2.24, 2.45) is 0 Å². The summed E-state index contributed by atoms with van der Waals surface area (Å²) in [6.07, 6.45) is 0.184. The molecule has 0 atom stereocenters. The van der Waals surface area contributed by atoms with Crippen LogP contribution in [0.5, 0.6) is 5.75 Å². The van der Waals surface area contributed by atoms with E-state index in [0.717, 1.165) is 20.8 Å². The number of ether oxygens (including phenoxy) is 2. The number of hydrogen-bond acceptors (Lipinski definition) is 5. The molecule has 0 aliphatic heterocycles. The van der Waals surface area contributed by atoms with Gasteiger partial charge in [0.25, 0.3) is 0 Å². The molecule has 0 bridgehead atoms. The fourth-order valence-electron chi connectivity index (χ4n) is 1.58. The quantitative estimate of drug-likeness (QED) is 0.800. The maximum Gasteiger partial charge on any atom is 0.311 e. The van der Waals surface area contributed by atoms with E-state index < -0.39 is 0 Å². The third-order valence-electron chi connectivity index (χ3n) is 2.50. The Morgan fingerprint density at radius 1 is 1.42 bits per heavy atom.